The molecule has 1 heterocycles. The number of aryl methyl sites for hydroxylation is 1. The fourth-order valence-electron chi connectivity index (χ4n) is 2.94. The molecule has 0 saturated heterocycles. The first kappa shape index (κ1) is 23.1. The summed E-state index contributed by atoms with van der Waals surface area (Å²) in [7, 11) is 0. The Labute approximate surface area is 191 Å². The summed E-state index contributed by atoms with van der Waals surface area (Å²) in [6, 6.07) is 13.4. The molecule has 0 aliphatic carbocycles. The lowest BCUT2D eigenvalue weighted by Crippen LogP contribution is -2.20. The van der Waals surface area contributed by atoms with Crippen molar-refractivity contribution in [1.29, 1.82) is 0 Å². The Kier molecular flexibility index (Phi) is 7.33. The summed E-state index contributed by atoms with van der Waals surface area (Å²) in [5.74, 6) is 0.705. The van der Waals surface area contributed by atoms with Gasteiger partial charge in [0.2, 0.25) is 11.8 Å². The highest BCUT2D eigenvalue weighted by atomic mass is 35.5. The Bertz CT molecular complexity index is 1130. The van der Waals surface area contributed by atoms with E-state index in [0.29, 0.717) is 33.7 Å². The number of hydrogen-bond acceptors (Lipinski definition) is 5. The molecule has 3 N–H and O–H groups in total. The third-order valence-corrected chi connectivity index (χ3v) is 5.04. The second kappa shape index (κ2) is 10.2. The molecule has 0 aliphatic heterocycles. The monoisotopic (exact) mass is 453 g/mol. The topological polar surface area (TPSA) is 104 Å². The summed E-state index contributed by atoms with van der Waals surface area (Å²) >= 11 is 6.21. The smallest absolute Gasteiger partial charge is 0.262 e. The van der Waals surface area contributed by atoms with Crippen LogP contribution in [0.15, 0.2) is 54.7 Å². The maximum absolute atomic E-state index is 12.3. The van der Waals surface area contributed by atoms with E-state index < -0.39 is 5.91 Å². The Morgan fingerprint density at radius 3 is 2.59 bits per heavy atom. The van der Waals surface area contributed by atoms with E-state index in [4.69, 9.17) is 26.8 Å². The molecule has 0 spiro atoms. The van der Waals surface area contributed by atoms with E-state index in [1.807, 2.05) is 32.9 Å². The average molecular weight is 454 g/mol. The minimum Gasteiger partial charge on any atom is -0.483 e. The first-order valence-electron chi connectivity index (χ1n) is 9.99. The van der Waals surface area contributed by atoms with Crippen LogP contribution in [0.4, 0.5) is 5.69 Å². The second-order valence-corrected chi connectivity index (χ2v) is 7.92. The second-order valence-electron chi connectivity index (χ2n) is 7.51. The minimum absolute atomic E-state index is 0.154. The maximum atomic E-state index is 12.3. The van der Waals surface area contributed by atoms with Crippen LogP contribution in [0, 0.1) is 6.92 Å². The van der Waals surface area contributed by atoms with Crippen LogP contribution in [0.5, 0.6) is 17.4 Å². The summed E-state index contributed by atoms with van der Waals surface area (Å²) in [4.78, 5) is 27.8. The lowest BCUT2D eigenvalue weighted by Gasteiger charge is -2.16. The van der Waals surface area contributed by atoms with Crippen molar-refractivity contribution in [3.63, 3.8) is 0 Å². The van der Waals surface area contributed by atoms with Gasteiger partial charge in [0.25, 0.3) is 5.91 Å². The molecule has 7 nitrogen and oxygen atoms in total. The predicted molar refractivity (Wildman–Crippen MR) is 124 cm³/mol. The number of amides is 2. The van der Waals surface area contributed by atoms with Crippen molar-refractivity contribution < 1.29 is 19.1 Å². The van der Waals surface area contributed by atoms with E-state index in [2.05, 4.69) is 10.3 Å². The van der Waals surface area contributed by atoms with Crippen LogP contribution in [0.1, 0.15) is 41.3 Å². The fraction of sp³-hybridized carbons (Fsp3) is 0.208. The largest absolute Gasteiger partial charge is 0.483 e. The molecule has 3 aromatic rings. The Morgan fingerprint density at radius 1 is 1.16 bits per heavy atom. The molecule has 8 heteroatoms. The maximum Gasteiger partial charge on any atom is 0.262 e. The summed E-state index contributed by atoms with van der Waals surface area (Å²) in [6.07, 6.45) is 1.47. The van der Waals surface area contributed by atoms with Gasteiger partial charge in [-0.2, -0.15) is 0 Å². The molecule has 0 bridgehead atoms. The standard InChI is InChI=1S/C24H24ClN3O4/c1-14(2)19-11-20(25)15(3)9-21(19)31-13-22(29)28-17-7-8-23(27-12-17)32-18-6-4-5-16(10-18)24(26)30/h4-12,14H,13H2,1-3H3,(H2,26,30)(H,28,29). The summed E-state index contributed by atoms with van der Waals surface area (Å²) in [5, 5.41) is 3.40. The van der Waals surface area contributed by atoms with E-state index in [0.717, 1.165) is 11.1 Å². The van der Waals surface area contributed by atoms with Gasteiger partial charge in [0.15, 0.2) is 6.61 Å². The number of ether oxygens (including phenoxy) is 2. The summed E-state index contributed by atoms with van der Waals surface area (Å²) < 4.78 is 11.4. The number of nitrogens with zero attached hydrogens (tertiary/aromatic N) is 1. The Balaban J connectivity index is 1.59. The number of benzene rings is 2. The van der Waals surface area contributed by atoms with E-state index in [1.54, 1.807) is 30.3 Å². The quantitative estimate of drug-likeness (QED) is 0.495. The molecule has 32 heavy (non-hydrogen) atoms. The van der Waals surface area contributed by atoms with Crippen LogP contribution in [-0.4, -0.2) is 23.4 Å². The normalized spacial score (nSPS) is 10.7. The van der Waals surface area contributed by atoms with Crippen LogP contribution >= 0.6 is 11.6 Å². The molecule has 2 aromatic carbocycles. The molecular weight excluding hydrogens is 430 g/mol. The SMILES string of the molecule is Cc1cc(OCC(=O)Nc2ccc(Oc3cccc(C(N)=O)c3)nc2)c(C(C)C)cc1Cl. The lowest BCUT2D eigenvalue weighted by molar-refractivity contribution is -0.118. The number of nitrogens with two attached hydrogens (primary N) is 1. The van der Waals surface area contributed by atoms with Crippen molar-refractivity contribution in [2.45, 2.75) is 26.7 Å². The van der Waals surface area contributed by atoms with Gasteiger partial charge in [0, 0.05) is 16.7 Å². The molecule has 0 fully saturated rings. The number of pyridine rings is 1. The number of hydrogen-bond donors (Lipinski definition) is 2. The van der Waals surface area contributed by atoms with Gasteiger partial charge < -0.3 is 20.5 Å². The van der Waals surface area contributed by atoms with Crippen molar-refractivity contribution in [2.75, 3.05) is 11.9 Å². The number of rotatable bonds is 8. The van der Waals surface area contributed by atoms with Crippen LogP contribution in [0.2, 0.25) is 5.02 Å². The van der Waals surface area contributed by atoms with Gasteiger partial charge in [-0.05, 0) is 60.4 Å². The number of nitrogens with one attached hydrogen (secondary N) is 1. The third-order valence-electron chi connectivity index (χ3n) is 4.63. The molecule has 0 unspecified atom stereocenters. The van der Waals surface area contributed by atoms with Gasteiger partial charge in [0.1, 0.15) is 11.5 Å². The van der Waals surface area contributed by atoms with Gasteiger partial charge in [-0.15, -0.1) is 0 Å². The zero-order valence-corrected chi connectivity index (χ0v) is 18.8. The number of anilines is 1. The highest BCUT2D eigenvalue weighted by Crippen LogP contribution is 2.32. The van der Waals surface area contributed by atoms with E-state index in [1.165, 1.54) is 12.3 Å². The van der Waals surface area contributed by atoms with Crippen molar-refractivity contribution in [2.24, 2.45) is 5.73 Å². The molecule has 2 amide bonds. The summed E-state index contributed by atoms with van der Waals surface area (Å²) in [5.41, 5.74) is 7.93. The first-order valence-corrected chi connectivity index (χ1v) is 10.4. The molecule has 3 rings (SSSR count). The van der Waals surface area contributed by atoms with Crippen molar-refractivity contribution >= 4 is 29.1 Å². The molecular formula is C24H24ClN3O4. The first-order chi connectivity index (χ1) is 15.2. The van der Waals surface area contributed by atoms with Crippen LogP contribution in [0.3, 0.4) is 0 Å². The van der Waals surface area contributed by atoms with Gasteiger partial charge in [-0.25, -0.2) is 4.98 Å². The number of halogens is 1. The van der Waals surface area contributed by atoms with Gasteiger partial charge in [-0.1, -0.05) is 31.5 Å². The fourth-order valence-corrected chi connectivity index (χ4v) is 3.11. The van der Waals surface area contributed by atoms with Crippen molar-refractivity contribution in [3.05, 3.63) is 76.4 Å². The van der Waals surface area contributed by atoms with Crippen molar-refractivity contribution in [3.8, 4) is 17.4 Å². The van der Waals surface area contributed by atoms with E-state index in [-0.39, 0.29) is 18.4 Å². The number of carbonyl (C=O) groups excluding carboxylic acids is 2. The third kappa shape index (κ3) is 5.98. The molecule has 0 aliphatic rings. The average Bonchev–Trinajstić information content (AvgIpc) is 2.75. The zero-order chi connectivity index (χ0) is 23.3. The molecule has 1 aromatic heterocycles. The van der Waals surface area contributed by atoms with Gasteiger partial charge in [0.05, 0.1) is 11.9 Å². The Morgan fingerprint density at radius 2 is 1.94 bits per heavy atom. The highest BCUT2D eigenvalue weighted by Gasteiger charge is 2.13. The Hall–Kier alpha value is -3.58. The van der Waals surface area contributed by atoms with E-state index >= 15 is 0 Å². The molecule has 0 atom stereocenters. The van der Waals surface area contributed by atoms with Crippen LogP contribution in [0.25, 0.3) is 0 Å². The number of carbonyl (C=O) groups is 2. The zero-order valence-electron chi connectivity index (χ0n) is 18.0. The number of aromatic nitrogens is 1. The predicted octanol–water partition coefficient (Wildman–Crippen LogP) is 5.08. The lowest BCUT2D eigenvalue weighted by atomic mass is 10.0. The van der Waals surface area contributed by atoms with E-state index in [9.17, 15) is 9.59 Å². The van der Waals surface area contributed by atoms with Gasteiger partial charge in [-0.3, -0.25) is 9.59 Å². The molecule has 166 valence electrons. The van der Waals surface area contributed by atoms with Crippen LogP contribution < -0.4 is 20.5 Å². The van der Waals surface area contributed by atoms with Crippen LogP contribution in [-0.2, 0) is 4.79 Å². The number of primary amides is 1. The summed E-state index contributed by atoms with van der Waals surface area (Å²) in [6.45, 7) is 5.80. The molecule has 0 saturated carbocycles. The van der Waals surface area contributed by atoms with Gasteiger partial charge >= 0.3 is 0 Å². The minimum atomic E-state index is -0.544. The molecule has 0 radical (unpaired) electrons. The van der Waals surface area contributed by atoms with Crippen molar-refractivity contribution in [1.82, 2.24) is 4.98 Å². The highest BCUT2D eigenvalue weighted by molar-refractivity contribution is 6.31.